The van der Waals surface area contributed by atoms with Gasteiger partial charge in [0.1, 0.15) is 0 Å². The van der Waals surface area contributed by atoms with E-state index in [2.05, 4.69) is 19.1 Å². The Bertz CT molecular complexity index is 490. The Hall–Kier alpha value is -0.980. The first-order chi connectivity index (χ1) is 7.16. The van der Waals surface area contributed by atoms with E-state index >= 15 is 0 Å². The molecular weight excluding hydrogens is 227 g/mol. The zero-order valence-corrected chi connectivity index (χ0v) is 9.81. The van der Waals surface area contributed by atoms with Gasteiger partial charge >= 0.3 is 0 Å². The molecule has 0 fully saturated rings. The molecule has 0 nitrogen and oxygen atoms in total. The Kier molecular flexibility index (Phi) is 2.99. The Morgan fingerprint density at radius 2 is 1.73 bits per heavy atom. The van der Waals surface area contributed by atoms with Gasteiger partial charge in [-0.25, -0.2) is 0 Å². The van der Waals surface area contributed by atoms with Crippen LogP contribution in [0.5, 0.6) is 0 Å². The molecule has 0 aliphatic heterocycles. The lowest BCUT2D eigenvalue weighted by Gasteiger charge is -2.05. The van der Waals surface area contributed by atoms with Crippen LogP contribution in [0.3, 0.4) is 0 Å². The van der Waals surface area contributed by atoms with E-state index in [0.29, 0.717) is 5.02 Å². The summed E-state index contributed by atoms with van der Waals surface area (Å²) < 4.78 is 0. The maximum atomic E-state index is 6.12. The minimum absolute atomic E-state index is 0.705. The second kappa shape index (κ2) is 4.26. The second-order valence-corrected chi connectivity index (χ2v) is 4.34. The van der Waals surface area contributed by atoms with E-state index in [4.69, 9.17) is 23.2 Å². The van der Waals surface area contributed by atoms with Crippen molar-refractivity contribution in [3.8, 4) is 11.1 Å². The third-order valence-corrected chi connectivity index (χ3v) is 2.82. The van der Waals surface area contributed by atoms with Crippen LogP contribution in [0.2, 0.25) is 10.0 Å². The van der Waals surface area contributed by atoms with Crippen molar-refractivity contribution in [1.29, 1.82) is 0 Å². The normalized spacial score (nSPS) is 10.3. The predicted octanol–water partition coefficient (Wildman–Crippen LogP) is 4.97. The number of benzene rings is 2. The highest BCUT2D eigenvalue weighted by atomic mass is 35.5. The van der Waals surface area contributed by atoms with Crippen molar-refractivity contribution in [2.24, 2.45) is 0 Å². The lowest BCUT2D eigenvalue weighted by molar-refractivity contribution is 1.47. The van der Waals surface area contributed by atoms with Crippen molar-refractivity contribution in [3.63, 3.8) is 0 Å². The Morgan fingerprint density at radius 3 is 2.47 bits per heavy atom. The van der Waals surface area contributed by atoms with Crippen molar-refractivity contribution >= 4 is 23.2 Å². The summed E-state index contributed by atoms with van der Waals surface area (Å²) in [4.78, 5) is 0. The Morgan fingerprint density at radius 1 is 0.933 bits per heavy atom. The van der Waals surface area contributed by atoms with Crippen LogP contribution in [0.15, 0.2) is 42.5 Å². The molecule has 0 aliphatic carbocycles. The summed E-state index contributed by atoms with van der Waals surface area (Å²) in [7, 11) is 0. The maximum absolute atomic E-state index is 6.12. The summed E-state index contributed by atoms with van der Waals surface area (Å²) in [6, 6.07) is 13.7. The third-order valence-electron chi connectivity index (χ3n) is 2.26. The molecule has 0 spiro atoms. The van der Waals surface area contributed by atoms with Gasteiger partial charge in [0, 0.05) is 15.6 Å². The molecule has 0 saturated heterocycles. The van der Waals surface area contributed by atoms with E-state index in [1.165, 1.54) is 5.56 Å². The van der Waals surface area contributed by atoms with Crippen LogP contribution in [-0.2, 0) is 0 Å². The van der Waals surface area contributed by atoms with Crippen LogP contribution in [0.25, 0.3) is 11.1 Å². The third kappa shape index (κ3) is 2.34. The summed E-state index contributed by atoms with van der Waals surface area (Å²) in [5, 5.41) is 1.43. The van der Waals surface area contributed by atoms with E-state index in [1.807, 2.05) is 24.3 Å². The molecule has 2 rings (SSSR count). The molecule has 0 saturated carbocycles. The summed E-state index contributed by atoms with van der Waals surface area (Å²) in [5.74, 6) is 0. The lowest BCUT2D eigenvalue weighted by atomic mass is 10.0. The minimum atomic E-state index is 0.705. The first-order valence-electron chi connectivity index (χ1n) is 4.69. The van der Waals surface area contributed by atoms with Gasteiger partial charge in [0.25, 0.3) is 0 Å². The van der Waals surface area contributed by atoms with E-state index < -0.39 is 0 Å². The van der Waals surface area contributed by atoms with E-state index in [9.17, 15) is 0 Å². The van der Waals surface area contributed by atoms with Gasteiger partial charge < -0.3 is 0 Å². The summed E-state index contributed by atoms with van der Waals surface area (Å²) in [6.07, 6.45) is 0. The summed E-state index contributed by atoms with van der Waals surface area (Å²) in [6.45, 7) is 2.06. The Labute approximate surface area is 99.5 Å². The van der Waals surface area contributed by atoms with Crippen LogP contribution in [0, 0.1) is 6.92 Å². The molecule has 2 aromatic rings. The van der Waals surface area contributed by atoms with Crippen molar-refractivity contribution in [3.05, 3.63) is 58.1 Å². The van der Waals surface area contributed by atoms with Crippen LogP contribution >= 0.6 is 23.2 Å². The molecule has 2 heteroatoms. The molecule has 0 bridgehead atoms. The molecule has 76 valence electrons. The Balaban J connectivity index is 2.58. The predicted molar refractivity (Wildman–Crippen MR) is 66.6 cm³/mol. The van der Waals surface area contributed by atoms with Crippen LogP contribution in [0.4, 0.5) is 0 Å². The minimum Gasteiger partial charge on any atom is -0.0843 e. The SMILES string of the molecule is Cc1cccc(-c2cc(Cl)ccc2Cl)c1. The fourth-order valence-corrected chi connectivity index (χ4v) is 1.93. The van der Waals surface area contributed by atoms with Crippen molar-refractivity contribution in [2.75, 3.05) is 0 Å². The van der Waals surface area contributed by atoms with Crippen LogP contribution in [0.1, 0.15) is 5.56 Å². The van der Waals surface area contributed by atoms with Gasteiger partial charge in [0.05, 0.1) is 0 Å². The van der Waals surface area contributed by atoms with Crippen molar-refractivity contribution < 1.29 is 0 Å². The first-order valence-corrected chi connectivity index (χ1v) is 5.44. The average Bonchev–Trinajstić information content (AvgIpc) is 2.22. The molecule has 0 atom stereocenters. The average molecular weight is 237 g/mol. The smallest absolute Gasteiger partial charge is 0.0485 e. The molecule has 0 unspecified atom stereocenters. The molecular formula is C13H10Cl2. The fourth-order valence-electron chi connectivity index (χ4n) is 1.53. The van der Waals surface area contributed by atoms with E-state index in [-0.39, 0.29) is 0 Å². The standard InChI is InChI=1S/C13H10Cl2/c1-9-3-2-4-10(7-9)12-8-11(14)5-6-13(12)15/h2-8H,1H3. The van der Waals surface area contributed by atoms with Gasteiger partial charge in [-0.1, -0.05) is 53.0 Å². The highest BCUT2D eigenvalue weighted by Gasteiger charge is 2.03. The second-order valence-electron chi connectivity index (χ2n) is 3.49. The molecule has 0 aliphatic rings. The maximum Gasteiger partial charge on any atom is 0.0485 e. The number of hydrogen-bond acceptors (Lipinski definition) is 0. The van der Waals surface area contributed by atoms with Gasteiger partial charge in [0.15, 0.2) is 0 Å². The topological polar surface area (TPSA) is 0 Å². The van der Waals surface area contributed by atoms with Gasteiger partial charge in [-0.3, -0.25) is 0 Å². The number of rotatable bonds is 1. The molecule has 2 aromatic carbocycles. The fraction of sp³-hybridized carbons (Fsp3) is 0.0769. The molecule has 0 N–H and O–H groups in total. The van der Waals surface area contributed by atoms with Gasteiger partial charge in [-0.2, -0.15) is 0 Å². The number of hydrogen-bond donors (Lipinski definition) is 0. The zero-order valence-electron chi connectivity index (χ0n) is 8.30. The van der Waals surface area contributed by atoms with Gasteiger partial charge in [-0.15, -0.1) is 0 Å². The molecule has 15 heavy (non-hydrogen) atoms. The quantitative estimate of drug-likeness (QED) is 0.656. The van der Waals surface area contributed by atoms with E-state index in [0.717, 1.165) is 16.1 Å². The molecule has 0 heterocycles. The highest BCUT2D eigenvalue weighted by Crippen LogP contribution is 2.30. The summed E-state index contributed by atoms with van der Waals surface area (Å²) in [5.41, 5.74) is 3.29. The number of aryl methyl sites for hydroxylation is 1. The van der Waals surface area contributed by atoms with Gasteiger partial charge in [0.2, 0.25) is 0 Å². The molecule has 0 radical (unpaired) electrons. The van der Waals surface area contributed by atoms with Crippen molar-refractivity contribution in [2.45, 2.75) is 6.92 Å². The first kappa shape index (κ1) is 10.5. The highest BCUT2D eigenvalue weighted by molar-refractivity contribution is 6.35. The summed E-state index contributed by atoms with van der Waals surface area (Å²) >= 11 is 12.1. The number of halogens is 2. The molecule has 0 amide bonds. The van der Waals surface area contributed by atoms with Crippen LogP contribution < -0.4 is 0 Å². The van der Waals surface area contributed by atoms with E-state index in [1.54, 1.807) is 6.07 Å². The molecule has 0 aromatic heterocycles. The largest absolute Gasteiger partial charge is 0.0843 e. The monoisotopic (exact) mass is 236 g/mol. The van der Waals surface area contributed by atoms with Gasteiger partial charge in [-0.05, 0) is 30.7 Å². The van der Waals surface area contributed by atoms with Crippen molar-refractivity contribution in [1.82, 2.24) is 0 Å². The van der Waals surface area contributed by atoms with Crippen LogP contribution in [-0.4, -0.2) is 0 Å². The lowest BCUT2D eigenvalue weighted by Crippen LogP contribution is -1.81. The zero-order chi connectivity index (χ0) is 10.8.